The van der Waals surface area contributed by atoms with Gasteiger partial charge in [-0.25, -0.2) is 8.42 Å². The fraction of sp³-hybridized carbons (Fsp3) is 0.136. The summed E-state index contributed by atoms with van der Waals surface area (Å²) in [6, 6.07) is 19.1. The molecule has 0 amide bonds. The zero-order chi connectivity index (χ0) is 21.0. The molecule has 0 spiro atoms. The second-order valence-electron chi connectivity index (χ2n) is 6.63. The number of rotatable bonds is 7. The fourth-order valence-electron chi connectivity index (χ4n) is 2.71. The van der Waals surface area contributed by atoms with Gasteiger partial charge in [0.15, 0.2) is 5.78 Å². The van der Waals surface area contributed by atoms with Crippen molar-refractivity contribution in [3.8, 4) is 5.75 Å². The monoisotopic (exact) mass is 429 g/mol. The first-order valence-corrected chi connectivity index (χ1v) is 10.8. The summed E-state index contributed by atoms with van der Waals surface area (Å²) >= 11 is 6.05. The van der Waals surface area contributed by atoms with E-state index in [1.54, 1.807) is 42.5 Å². The number of ether oxygens (including phenoxy) is 1. The Morgan fingerprint density at radius 2 is 1.62 bits per heavy atom. The molecule has 0 unspecified atom stereocenters. The molecule has 29 heavy (non-hydrogen) atoms. The van der Waals surface area contributed by atoms with Crippen LogP contribution >= 0.6 is 11.6 Å². The lowest BCUT2D eigenvalue weighted by molar-refractivity contribution is 0.103. The van der Waals surface area contributed by atoms with Crippen molar-refractivity contribution in [2.45, 2.75) is 24.8 Å². The first kappa shape index (κ1) is 20.9. The minimum absolute atomic E-state index is 0.0174. The van der Waals surface area contributed by atoms with Crippen LogP contribution in [0.4, 0.5) is 5.69 Å². The maximum absolute atomic E-state index is 12.9. The van der Waals surface area contributed by atoms with Gasteiger partial charge in [-0.2, -0.15) is 0 Å². The van der Waals surface area contributed by atoms with E-state index >= 15 is 0 Å². The van der Waals surface area contributed by atoms with Crippen LogP contribution < -0.4 is 9.46 Å². The van der Waals surface area contributed by atoms with Crippen molar-refractivity contribution in [1.82, 2.24) is 0 Å². The van der Waals surface area contributed by atoms with Gasteiger partial charge in [0.25, 0.3) is 10.0 Å². The van der Waals surface area contributed by atoms with Crippen LogP contribution in [0.25, 0.3) is 0 Å². The van der Waals surface area contributed by atoms with Crippen molar-refractivity contribution in [1.29, 1.82) is 0 Å². The third-order valence-corrected chi connectivity index (χ3v) is 5.63. The Morgan fingerprint density at radius 3 is 2.24 bits per heavy atom. The minimum Gasteiger partial charge on any atom is -0.491 e. The molecule has 0 saturated carbocycles. The van der Waals surface area contributed by atoms with Gasteiger partial charge >= 0.3 is 0 Å². The number of anilines is 1. The molecule has 3 aromatic rings. The quantitative estimate of drug-likeness (QED) is 0.526. The first-order chi connectivity index (χ1) is 13.8. The first-order valence-electron chi connectivity index (χ1n) is 8.95. The summed E-state index contributed by atoms with van der Waals surface area (Å²) in [7, 11) is -3.91. The van der Waals surface area contributed by atoms with Crippen LogP contribution in [0.2, 0.25) is 5.02 Å². The van der Waals surface area contributed by atoms with Gasteiger partial charge in [0.1, 0.15) is 5.75 Å². The molecule has 0 fully saturated rings. The lowest BCUT2D eigenvalue weighted by atomic mass is 10.0. The van der Waals surface area contributed by atoms with Gasteiger partial charge in [0, 0.05) is 16.1 Å². The normalized spacial score (nSPS) is 11.3. The summed E-state index contributed by atoms with van der Waals surface area (Å²) in [6.07, 6.45) is -0.0174. The van der Waals surface area contributed by atoms with E-state index in [0.717, 1.165) is 0 Å². The van der Waals surface area contributed by atoms with Gasteiger partial charge in [-0.1, -0.05) is 41.9 Å². The Kier molecular flexibility index (Phi) is 6.25. The van der Waals surface area contributed by atoms with Crippen LogP contribution in [0.3, 0.4) is 0 Å². The summed E-state index contributed by atoms with van der Waals surface area (Å²) in [4.78, 5) is 12.9. The van der Waals surface area contributed by atoms with Crippen molar-refractivity contribution in [3.05, 3.63) is 88.9 Å². The number of benzene rings is 3. The van der Waals surface area contributed by atoms with Crippen molar-refractivity contribution in [2.24, 2.45) is 0 Å². The highest BCUT2D eigenvalue weighted by Crippen LogP contribution is 2.27. The molecular weight excluding hydrogens is 410 g/mol. The van der Waals surface area contributed by atoms with Gasteiger partial charge < -0.3 is 4.74 Å². The molecule has 3 aromatic carbocycles. The minimum atomic E-state index is -3.91. The molecule has 5 nitrogen and oxygen atoms in total. The number of ketones is 1. The van der Waals surface area contributed by atoms with E-state index in [1.165, 1.54) is 30.3 Å². The van der Waals surface area contributed by atoms with Crippen molar-refractivity contribution < 1.29 is 17.9 Å². The average molecular weight is 430 g/mol. The molecule has 0 aliphatic carbocycles. The van der Waals surface area contributed by atoms with Crippen LogP contribution in [0.5, 0.6) is 5.75 Å². The smallest absolute Gasteiger partial charge is 0.261 e. The number of halogens is 1. The Labute approximate surface area is 175 Å². The van der Waals surface area contributed by atoms with Gasteiger partial charge in [-0.15, -0.1) is 0 Å². The molecule has 0 saturated heterocycles. The number of carbonyl (C=O) groups is 1. The van der Waals surface area contributed by atoms with Gasteiger partial charge in [-0.3, -0.25) is 9.52 Å². The van der Waals surface area contributed by atoms with E-state index < -0.39 is 10.0 Å². The second kappa shape index (κ2) is 8.68. The Bertz CT molecular complexity index is 1110. The van der Waals surface area contributed by atoms with Gasteiger partial charge in [-0.05, 0) is 56.3 Å². The Morgan fingerprint density at radius 1 is 0.966 bits per heavy atom. The van der Waals surface area contributed by atoms with E-state index in [2.05, 4.69) is 4.72 Å². The van der Waals surface area contributed by atoms with Crippen LogP contribution in [-0.2, 0) is 10.0 Å². The second-order valence-corrected chi connectivity index (χ2v) is 8.75. The predicted octanol–water partition coefficient (Wildman–Crippen LogP) is 5.16. The summed E-state index contributed by atoms with van der Waals surface area (Å²) < 4.78 is 33.7. The van der Waals surface area contributed by atoms with Crippen molar-refractivity contribution in [3.63, 3.8) is 0 Å². The molecule has 0 atom stereocenters. The molecule has 0 aliphatic heterocycles. The molecule has 0 radical (unpaired) electrons. The van der Waals surface area contributed by atoms with E-state index in [0.29, 0.717) is 16.3 Å². The van der Waals surface area contributed by atoms with Crippen LogP contribution in [0.1, 0.15) is 29.8 Å². The highest BCUT2D eigenvalue weighted by molar-refractivity contribution is 7.92. The largest absolute Gasteiger partial charge is 0.491 e. The molecule has 150 valence electrons. The topological polar surface area (TPSA) is 72.5 Å². The predicted molar refractivity (Wildman–Crippen MR) is 114 cm³/mol. The lowest BCUT2D eigenvalue weighted by Crippen LogP contribution is -2.16. The molecule has 3 rings (SSSR count). The summed E-state index contributed by atoms with van der Waals surface area (Å²) in [6.45, 7) is 3.77. The molecule has 1 N–H and O–H groups in total. The zero-order valence-electron chi connectivity index (χ0n) is 15.9. The summed E-state index contributed by atoms with van der Waals surface area (Å²) in [5.41, 5.74) is 0.767. The molecular formula is C22H20ClNO4S. The molecule has 0 bridgehead atoms. The molecule has 7 heteroatoms. The van der Waals surface area contributed by atoms with Crippen molar-refractivity contribution >= 4 is 33.1 Å². The third-order valence-electron chi connectivity index (χ3n) is 4.01. The Balaban J connectivity index is 1.92. The summed E-state index contributed by atoms with van der Waals surface area (Å²) in [5.74, 6) is 0.247. The van der Waals surface area contributed by atoms with Crippen LogP contribution in [-0.4, -0.2) is 20.3 Å². The average Bonchev–Trinajstić information content (AvgIpc) is 2.69. The van der Waals surface area contributed by atoms with E-state index in [9.17, 15) is 13.2 Å². The molecule has 0 heterocycles. The number of sulfonamides is 1. The number of hydrogen-bond donors (Lipinski definition) is 1. The van der Waals surface area contributed by atoms with Crippen molar-refractivity contribution in [2.75, 3.05) is 4.72 Å². The van der Waals surface area contributed by atoms with E-state index in [1.807, 2.05) is 13.8 Å². The van der Waals surface area contributed by atoms with Crippen LogP contribution in [0, 0.1) is 0 Å². The summed E-state index contributed by atoms with van der Waals surface area (Å²) in [5, 5.41) is 0.336. The fourth-order valence-corrected chi connectivity index (χ4v) is 3.96. The van der Waals surface area contributed by atoms with Gasteiger partial charge in [0.05, 0.1) is 16.7 Å². The highest BCUT2D eigenvalue weighted by atomic mass is 35.5. The number of carbonyl (C=O) groups excluding carboxylic acids is 1. The number of nitrogens with one attached hydrogen (secondary N) is 1. The van der Waals surface area contributed by atoms with Gasteiger partial charge in [0.2, 0.25) is 0 Å². The SMILES string of the molecule is CC(C)Oc1ccc(S(=O)(=O)Nc2ccc(Cl)cc2C(=O)c2ccccc2)cc1. The maximum atomic E-state index is 12.9. The molecule has 0 aliphatic rings. The molecule has 0 aromatic heterocycles. The lowest BCUT2D eigenvalue weighted by Gasteiger charge is -2.14. The van der Waals surface area contributed by atoms with E-state index in [4.69, 9.17) is 16.3 Å². The third kappa shape index (κ3) is 5.16. The standard InChI is InChI=1S/C22H20ClNO4S/c1-15(2)28-18-9-11-19(12-10-18)29(26,27)24-21-13-8-17(23)14-20(21)22(25)16-6-4-3-5-7-16/h3-15,24H,1-2H3. The van der Waals surface area contributed by atoms with E-state index in [-0.39, 0.29) is 28.0 Å². The Hall–Kier alpha value is -2.83. The van der Waals surface area contributed by atoms with Crippen LogP contribution in [0.15, 0.2) is 77.7 Å². The highest BCUT2D eigenvalue weighted by Gasteiger charge is 2.20. The zero-order valence-corrected chi connectivity index (χ0v) is 17.5. The maximum Gasteiger partial charge on any atom is 0.261 e. The number of hydrogen-bond acceptors (Lipinski definition) is 4.